The van der Waals surface area contributed by atoms with E-state index < -0.39 is 0 Å². The topological polar surface area (TPSA) is 56.0 Å². The van der Waals surface area contributed by atoms with Crippen molar-refractivity contribution in [2.45, 2.75) is 19.5 Å². The van der Waals surface area contributed by atoms with E-state index in [4.69, 9.17) is 10.4 Å². The highest BCUT2D eigenvalue weighted by Gasteiger charge is 2.03. The number of hydrogen-bond acceptors (Lipinski definition) is 3. The van der Waals surface area contributed by atoms with Gasteiger partial charge in [-0.25, -0.2) is 0 Å². The third-order valence-electron chi connectivity index (χ3n) is 2.10. The van der Waals surface area contributed by atoms with Gasteiger partial charge in [-0.2, -0.15) is 5.26 Å². The van der Waals surface area contributed by atoms with Crippen LogP contribution in [0.5, 0.6) is 0 Å². The molecule has 1 rings (SSSR count). The lowest BCUT2D eigenvalue weighted by Crippen LogP contribution is -2.28. The van der Waals surface area contributed by atoms with E-state index in [9.17, 15) is 0 Å². The van der Waals surface area contributed by atoms with Gasteiger partial charge in [0.05, 0.1) is 18.2 Å². The number of halogens is 1. The third-order valence-corrected chi connectivity index (χ3v) is 2.84. The molecule has 0 aliphatic rings. The molecule has 0 bridgehead atoms. The number of benzene rings is 1. The minimum Gasteiger partial charge on any atom is -0.395 e. The molecule has 0 spiro atoms. The van der Waals surface area contributed by atoms with E-state index in [1.807, 2.05) is 13.0 Å². The molecule has 80 valence electrons. The van der Waals surface area contributed by atoms with Crippen molar-refractivity contribution in [2.75, 3.05) is 6.61 Å². The maximum atomic E-state index is 8.85. The lowest BCUT2D eigenvalue weighted by molar-refractivity contribution is 0.251. The van der Waals surface area contributed by atoms with Crippen LogP contribution in [0.1, 0.15) is 18.1 Å². The highest BCUT2D eigenvalue weighted by molar-refractivity contribution is 9.10. The summed E-state index contributed by atoms with van der Waals surface area (Å²) in [5.41, 5.74) is 1.72. The Balaban J connectivity index is 2.67. The normalized spacial score (nSPS) is 12.1. The second kappa shape index (κ2) is 5.86. The predicted octanol–water partition coefficient (Wildman–Crippen LogP) is 1.79. The predicted molar refractivity (Wildman–Crippen MR) is 62.2 cm³/mol. The van der Waals surface area contributed by atoms with Crippen LogP contribution in [0.25, 0.3) is 0 Å². The SMILES string of the molecule is C[C@@H](CO)NCc1ccc(C#N)cc1Br. The lowest BCUT2D eigenvalue weighted by atomic mass is 10.1. The average molecular weight is 269 g/mol. The lowest BCUT2D eigenvalue weighted by Gasteiger charge is -2.11. The molecule has 1 atom stereocenters. The molecule has 3 nitrogen and oxygen atoms in total. The van der Waals surface area contributed by atoms with Crippen molar-refractivity contribution < 1.29 is 5.11 Å². The zero-order valence-corrected chi connectivity index (χ0v) is 10.1. The van der Waals surface area contributed by atoms with Crippen LogP contribution in [0.4, 0.5) is 0 Å². The van der Waals surface area contributed by atoms with Crippen molar-refractivity contribution in [3.8, 4) is 6.07 Å². The number of nitrogens with zero attached hydrogens (tertiary/aromatic N) is 1. The summed E-state index contributed by atoms with van der Waals surface area (Å²) in [5, 5.41) is 20.7. The molecule has 0 aromatic heterocycles. The van der Waals surface area contributed by atoms with Gasteiger partial charge in [0.25, 0.3) is 0 Å². The average Bonchev–Trinajstić information content (AvgIpc) is 2.26. The number of aliphatic hydroxyl groups excluding tert-OH is 1. The zero-order valence-electron chi connectivity index (χ0n) is 8.50. The first-order valence-electron chi connectivity index (χ1n) is 4.70. The van der Waals surface area contributed by atoms with Gasteiger partial charge in [0, 0.05) is 17.1 Å². The first kappa shape index (κ1) is 12.2. The van der Waals surface area contributed by atoms with E-state index in [2.05, 4.69) is 27.3 Å². The summed E-state index contributed by atoms with van der Waals surface area (Å²) < 4.78 is 0.916. The third kappa shape index (κ3) is 3.63. The molecule has 15 heavy (non-hydrogen) atoms. The molecule has 0 saturated carbocycles. The van der Waals surface area contributed by atoms with Gasteiger partial charge in [-0.15, -0.1) is 0 Å². The van der Waals surface area contributed by atoms with E-state index in [0.29, 0.717) is 12.1 Å². The maximum Gasteiger partial charge on any atom is 0.0992 e. The van der Waals surface area contributed by atoms with Crippen LogP contribution in [0.2, 0.25) is 0 Å². The van der Waals surface area contributed by atoms with Crippen molar-refractivity contribution in [3.63, 3.8) is 0 Å². The number of aliphatic hydroxyl groups is 1. The van der Waals surface area contributed by atoms with E-state index >= 15 is 0 Å². The largest absolute Gasteiger partial charge is 0.395 e. The van der Waals surface area contributed by atoms with Gasteiger partial charge in [0.15, 0.2) is 0 Å². The van der Waals surface area contributed by atoms with Crippen molar-refractivity contribution in [1.82, 2.24) is 5.32 Å². The minimum atomic E-state index is 0.0764. The van der Waals surface area contributed by atoms with Crippen LogP contribution in [0.3, 0.4) is 0 Å². The zero-order chi connectivity index (χ0) is 11.3. The van der Waals surface area contributed by atoms with Crippen molar-refractivity contribution in [3.05, 3.63) is 33.8 Å². The summed E-state index contributed by atoms with van der Waals surface area (Å²) in [6.07, 6.45) is 0. The van der Waals surface area contributed by atoms with E-state index in [-0.39, 0.29) is 12.6 Å². The van der Waals surface area contributed by atoms with Gasteiger partial charge in [0.2, 0.25) is 0 Å². The molecule has 0 heterocycles. The second-order valence-electron chi connectivity index (χ2n) is 3.38. The number of nitriles is 1. The molecule has 1 aromatic carbocycles. The fourth-order valence-electron chi connectivity index (χ4n) is 1.11. The molecule has 1 aromatic rings. The van der Waals surface area contributed by atoms with Gasteiger partial charge in [-0.3, -0.25) is 0 Å². The van der Waals surface area contributed by atoms with Crippen LogP contribution in [0.15, 0.2) is 22.7 Å². The smallest absolute Gasteiger partial charge is 0.0992 e. The van der Waals surface area contributed by atoms with Crippen LogP contribution < -0.4 is 5.32 Å². The molecule has 0 fully saturated rings. The Bertz CT molecular complexity index is 373. The first-order chi connectivity index (χ1) is 7.17. The minimum absolute atomic E-state index is 0.0764. The van der Waals surface area contributed by atoms with Crippen LogP contribution in [-0.4, -0.2) is 17.8 Å². The van der Waals surface area contributed by atoms with Gasteiger partial charge in [-0.1, -0.05) is 22.0 Å². The van der Waals surface area contributed by atoms with Gasteiger partial charge < -0.3 is 10.4 Å². The van der Waals surface area contributed by atoms with Gasteiger partial charge in [0.1, 0.15) is 0 Å². The summed E-state index contributed by atoms with van der Waals surface area (Å²) in [7, 11) is 0. The van der Waals surface area contributed by atoms with E-state index in [0.717, 1.165) is 10.0 Å². The fraction of sp³-hybridized carbons (Fsp3) is 0.364. The van der Waals surface area contributed by atoms with Crippen molar-refractivity contribution in [2.24, 2.45) is 0 Å². The van der Waals surface area contributed by atoms with E-state index in [1.165, 1.54) is 0 Å². The molecular formula is C11H13BrN2O. The number of nitrogens with one attached hydrogen (secondary N) is 1. The molecule has 2 N–H and O–H groups in total. The highest BCUT2D eigenvalue weighted by Crippen LogP contribution is 2.18. The first-order valence-corrected chi connectivity index (χ1v) is 5.49. The molecule has 0 radical (unpaired) electrons. The van der Waals surface area contributed by atoms with Crippen molar-refractivity contribution >= 4 is 15.9 Å². The quantitative estimate of drug-likeness (QED) is 0.876. The Morgan fingerprint density at radius 2 is 2.33 bits per heavy atom. The van der Waals surface area contributed by atoms with Gasteiger partial charge in [-0.05, 0) is 24.6 Å². The Hall–Kier alpha value is -0.890. The molecule has 0 aliphatic heterocycles. The standard InChI is InChI=1S/C11H13BrN2O/c1-8(7-15)14-6-10-3-2-9(5-13)4-11(10)12/h2-4,8,14-15H,6-7H2,1H3/t8-/m0/s1. The molecule has 4 heteroatoms. The highest BCUT2D eigenvalue weighted by atomic mass is 79.9. The van der Waals surface area contributed by atoms with Crippen LogP contribution in [-0.2, 0) is 6.54 Å². The van der Waals surface area contributed by atoms with E-state index in [1.54, 1.807) is 12.1 Å². The van der Waals surface area contributed by atoms with Gasteiger partial charge >= 0.3 is 0 Å². The Morgan fingerprint density at radius 1 is 1.60 bits per heavy atom. The second-order valence-corrected chi connectivity index (χ2v) is 4.24. The summed E-state index contributed by atoms with van der Waals surface area (Å²) in [4.78, 5) is 0. The summed E-state index contributed by atoms with van der Waals surface area (Å²) in [6, 6.07) is 7.63. The summed E-state index contributed by atoms with van der Waals surface area (Å²) in [5.74, 6) is 0. The number of hydrogen-bond donors (Lipinski definition) is 2. The fourth-order valence-corrected chi connectivity index (χ4v) is 1.63. The summed E-state index contributed by atoms with van der Waals surface area (Å²) in [6.45, 7) is 2.71. The van der Waals surface area contributed by atoms with Crippen molar-refractivity contribution in [1.29, 1.82) is 5.26 Å². The Labute approximate surface area is 97.9 Å². The van der Waals surface area contributed by atoms with Crippen LogP contribution in [0, 0.1) is 11.3 Å². The molecular weight excluding hydrogens is 256 g/mol. The Morgan fingerprint density at radius 3 is 2.87 bits per heavy atom. The monoisotopic (exact) mass is 268 g/mol. The number of rotatable bonds is 4. The van der Waals surface area contributed by atoms with Crippen LogP contribution >= 0.6 is 15.9 Å². The molecule has 0 aliphatic carbocycles. The summed E-state index contributed by atoms with van der Waals surface area (Å²) >= 11 is 3.41. The Kier molecular flexibility index (Phi) is 4.76. The molecule has 0 amide bonds. The molecule has 0 saturated heterocycles. The molecule has 0 unspecified atom stereocenters. The maximum absolute atomic E-state index is 8.85.